The summed E-state index contributed by atoms with van der Waals surface area (Å²) in [6, 6.07) is 17.8. The Hall–Kier alpha value is -2.44. The van der Waals surface area contributed by atoms with E-state index in [0.29, 0.717) is 23.8 Å². The van der Waals surface area contributed by atoms with Crippen LogP contribution in [0, 0.1) is 6.92 Å². The predicted octanol–water partition coefficient (Wildman–Crippen LogP) is 4.52. The first-order valence-corrected chi connectivity index (χ1v) is 11.2. The maximum absolute atomic E-state index is 13.2. The quantitative estimate of drug-likeness (QED) is 0.575. The molecule has 1 aliphatic heterocycles. The summed E-state index contributed by atoms with van der Waals surface area (Å²) in [6.45, 7) is 4.89. The van der Waals surface area contributed by atoms with Crippen LogP contribution in [0.5, 0.6) is 0 Å². The summed E-state index contributed by atoms with van der Waals surface area (Å²) in [6.07, 6.45) is 2.08. The fraction of sp³-hybridized carbons (Fsp3) is 0.273. The lowest BCUT2D eigenvalue weighted by molar-refractivity contribution is 0.0737. The Bertz CT molecular complexity index is 1030. The van der Waals surface area contributed by atoms with Gasteiger partial charge in [-0.1, -0.05) is 23.7 Å². The zero-order valence-corrected chi connectivity index (χ0v) is 18.1. The summed E-state index contributed by atoms with van der Waals surface area (Å²) >= 11 is 7.88. The Labute approximate surface area is 180 Å². The van der Waals surface area contributed by atoms with Crippen LogP contribution in [0.4, 0.5) is 5.69 Å². The second-order valence-corrected chi connectivity index (χ2v) is 8.36. The van der Waals surface area contributed by atoms with Gasteiger partial charge in [0.2, 0.25) is 0 Å². The number of piperazine rings is 1. The van der Waals surface area contributed by atoms with Crippen molar-refractivity contribution >= 4 is 35.0 Å². The number of rotatable bonds is 4. The van der Waals surface area contributed by atoms with E-state index in [1.54, 1.807) is 16.4 Å². The van der Waals surface area contributed by atoms with Gasteiger partial charge in [-0.2, -0.15) is 5.10 Å². The molecule has 1 aromatic heterocycles. The van der Waals surface area contributed by atoms with Crippen LogP contribution in [0.25, 0.3) is 5.69 Å². The largest absolute Gasteiger partial charge is 0.368 e. The molecule has 1 amide bonds. The summed E-state index contributed by atoms with van der Waals surface area (Å²) < 4.78 is 1.69. The lowest BCUT2D eigenvalue weighted by Crippen LogP contribution is -2.49. The van der Waals surface area contributed by atoms with Gasteiger partial charge >= 0.3 is 0 Å². The van der Waals surface area contributed by atoms with Crippen molar-refractivity contribution in [2.75, 3.05) is 37.3 Å². The molecule has 150 valence electrons. The molecule has 5 nitrogen and oxygen atoms in total. The van der Waals surface area contributed by atoms with E-state index in [1.807, 2.05) is 42.2 Å². The van der Waals surface area contributed by atoms with Crippen LogP contribution in [0.2, 0.25) is 5.02 Å². The number of anilines is 1. The van der Waals surface area contributed by atoms with E-state index in [1.165, 1.54) is 10.6 Å². The molecule has 0 N–H and O–H groups in total. The first-order valence-electron chi connectivity index (χ1n) is 9.56. The molecule has 0 bridgehead atoms. The molecule has 0 aliphatic carbocycles. The average Bonchev–Trinajstić information content (AvgIpc) is 3.15. The van der Waals surface area contributed by atoms with Gasteiger partial charge < -0.3 is 9.80 Å². The van der Waals surface area contributed by atoms with Crippen LogP contribution in [-0.2, 0) is 0 Å². The van der Waals surface area contributed by atoms with Crippen LogP contribution < -0.4 is 4.90 Å². The van der Waals surface area contributed by atoms with Gasteiger partial charge in [0.25, 0.3) is 5.91 Å². The number of aryl methyl sites for hydroxylation is 1. The van der Waals surface area contributed by atoms with Gasteiger partial charge in [0.1, 0.15) is 5.69 Å². The minimum Gasteiger partial charge on any atom is -0.368 e. The maximum Gasteiger partial charge on any atom is 0.272 e. The third-order valence-corrected chi connectivity index (χ3v) is 6.05. The van der Waals surface area contributed by atoms with Gasteiger partial charge in [-0.25, -0.2) is 4.68 Å². The SMILES string of the molecule is CSc1cccc(N2CCN(C(=O)c3cc(C)nn3-c3cccc(Cl)c3)CC2)c1. The minimum atomic E-state index is 0.00286. The number of halogens is 1. The number of carbonyl (C=O) groups is 1. The number of hydrogen-bond acceptors (Lipinski definition) is 4. The molecule has 0 radical (unpaired) electrons. The number of nitrogens with zero attached hydrogens (tertiary/aromatic N) is 4. The first-order chi connectivity index (χ1) is 14.0. The van der Waals surface area contributed by atoms with Crippen molar-refractivity contribution in [3.05, 3.63) is 71.0 Å². The number of benzene rings is 2. The molecule has 0 atom stereocenters. The number of amides is 1. The van der Waals surface area contributed by atoms with Crippen LogP contribution in [-0.4, -0.2) is 53.0 Å². The van der Waals surface area contributed by atoms with Gasteiger partial charge in [0.05, 0.1) is 11.4 Å². The molecule has 0 saturated carbocycles. The molecule has 0 unspecified atom stereocenters. The monoisotopic (exact) mass is 426 g/mol. The summed E-state index contributed by atoms with van der Waals surface area (Å²) in [5.74, 6) is 0.00286. The second kappa shape index (κ2) is 8.51. The highest BCUT2D eigenvalue weighted by Gasteiger charge is 2.25. The predicted molar refractivity (Wildman–Crippen MR) is 120 cm³/mol. The molecule has 4 rings (SSSR count). The van der Waals surface area contributed by atoms with Crippen molar-refractivity contribution < 1.29 is 4.79 Å². The van der Waals surface area contributed by atoms with E-state index >= 15 is 0 Å². The molecule has 2 heterocycles. The van der Waals surface area contributed by atoms with Crippen molar-refractivity contribution in [1.29, 1.82) is 0 Å². The van der Waals surface area contributed by atoms with Crippen molar-refractivity contribution in [3.63, 3.8) is 0 Å². The summed E-state index contributed by atoms with van der Waals surface area (Å²) in [4.78, 5) is 18.7. The minimum absolute atomic E-state index is 0.00286. The molecule has 1 saturated heterocycles. The standard InChI is InChI=1S/C22H23ClN4OS/c1-16-13-21(27(24-16)19-7-3-5-17(23)14-19)22(28)26-11-9-25(10-12-26)18-6-4-8-20(15-18)29-2/h3-8,13-15H,9-12H2,1-2H3. The Kier molecular flexibility index (Phi) is 5.83. The fourth-order valence-electron chi connectivity index (χ4n) is 3.59. The van der Waals surface area contributed by atoms with Gasteiger partial charge in [0, 0.05) is 41.8 Å². The second-order valence-electron chi connectivity index (χ2n) is 7.04. The van der Waals surface area contributed by atoms with Crippen LogP contribution in [0.1, 0.15) is 16.2 Å². The molecule has 0 spiro atoms. The van der Waals surface area contributed by atoms with Gasteiger partial charge in [-0.05, 0) is 55.6 Å². The summed E-state index contributed by atoms with van der Waals surface area (Å²) in [7, 11) is 0. The summed E-state index contributed by atoms with van der Waals surface area (Å²) in [5, 5.41) is 5.14. The Morgan fingerprint density at radius 3 is 2.45 bits per heavy atom. The highest BCUT2D eigenvalue weighted by atomic mass is 35.5. The van der Waals surface area contributed by atoms with Crippen molar-refractivity contribution in [2.45, 2.75) is 11.8 Å². The van der Waals surface area contributed by atoms with Crippen LogP contribution >= 0.6 is 23.4 Å². The Morgan fingerprint density at radius 2 is 1.72 bits per heavy atom. The number of thioether (sulfide) groups is 1. The molecule has 1 aliphatic rings. The fourth-order valence-corrected chi connectivity index (χ4v) is 4.23. The molecule has 2 aromatic carbocycles. The third-order valence-electron chi connectivity index (χ3n) is 5.09. The highest BCUT2D eigenvalue weighted by Crippen LogP contribution is 2.24. The molecule has 3 aromatic rings. The average molecular weight is 427 g/mol. The highest BCUT2D eigenvalue weighted by molar-refractivity contribution is 7.98. The zero-order chi connectivity index (χ0) is 20.4. The lowest BCUT2D eigenvalue weighted by Gasteiger charge is -2.36. The van der Waals surface area contributed by atoms with Crippen LogP contribution in [0.3, 0.4) is 0 Å². The number of aromatic nitrogens is 2. The molecule has 7 heteroatoms. The zero-order valence-electron chi connectivity index (χ0n) is 16.5. The third kappa shape index (κ3) is 4.28. The van der Waals surface area contributed by atoms with E-state index in [0.717, 1.165) is 24.5 Å². The van der Waals surface area contributed by atoms with E-state index in [9.17, 15) is 4.79 Å². The van der Waals surface area contributed by atoms with Crippen molar-refractivity contribution in [1.82, 2.24) is 14.7 Å². The molecule has 1 fully saturated rings. The lowest BCUT2D eigenvalue weighted by atomic mass is 10.2. The van der Waals surface area contributed by atoms with Gasteiger partial charge in [0.15, 0.2) is 0 Å². The van der Waals surface area contributed by atoms with Crippen molar-refractivity contribution in [2.24, 2.45) is 0 Å². The smallest absolute Gasteiger partial charge is 0.272 e. The van der Waals surface area contributed by atoms with E-state index in [4.69, 9.17) is 11.6 Å². The van der Waals surface area contributed by atoms with E-state index in [2.05, 4.69) is 40.5 Å². The van der Waals surface area contributed by atoms with Crippen molar-refractivity contribution in [3.8, 4) is 5.69 Å². The molecular formula is C22H23ClN4OS. The number of carbonyl (C=O) groups excluding carboxylic acids is 1. The topological polar surface area (TPSA) is 41.4 Å². The van der Waals surface area contributed by atoms with Gasteiger partial charge in [-0.15, -0.1) is 11.8 Å². The molecule has 29 heavy (non-hydrogen) atoms. The van der Waals surface area contributed by atoms with Gasteiger partial charge in [-0.3, -0.25) is 4.79 Å². The first kappa shape index (κ1) is 19.9. The summed E-state index contributed by atoms with van der Waals surface area (Å²) in [5.41, 5.74) is 3.38. The number of hydrogen-bond donors (Lipinski definition) is 0. The normalized spacial score (nSPS) is 14.3. The van der Waals surface area contributed by atoms with E-state index in [-0.39, 0.29) is 5.91 Å². The Balaban J connectivity index is 1.50. The van der Waals surface area contributed by atoms with E-state index < -0.39 is 0 Å². The maximum atomic E-state index is 13.2. The van der Waals surface area contributed by atoms with Crippen LogP contribution in [0.15, 0.2) is 59.5 Å². The Morgan fingerprint density at radius 1 is 1.00 bits per heavy atom. The molecular weight excluding hydrogens is 404 g/mol.